The van der Waals surface area contributed by atoms with Crippen LogP contribution in [0.5, 0.6) is 5.75 Å². The van der Waals surface area contributed by atoms with Crippen LogP contribution in [0.15, 0.2) is 48.5 Å². The summed E-state index contributed by atoms with van der Waals surface area (Å²) in [5, 5.41) is 11.0. The molecule has 7 nitrogen and oxygen atoms in total. The predicted octanol–water partition coefficient (Wildman–Crippen LogP) is 4.60. The van der Waals surface area contributed by atoms with Crippen molar-refractivity contribution in [1.82, 2.24) is 9.80 Å². The molecule has 1 amide bonds. The van der Waals surface area contributed by atoms with Gasteiger partial charge in [0.05, 0.1) is 26.2 Å². The number of phenolic OH excluding ortho intramolecular Hbond substituents is 1. The highest BCUT2D eigenvalue weighted by molar-refractivity contribution is 5.76. The van der Waals surface area contributed by atoms with E-state index in [1.165, 1.54) is 5.56 Å². The molecular formula is C31H46N2O5. The highest BCUT2D eigenvalue weighted by Gasteiger charge is 2.40. The van der Waals surface area contributed by atoms with Crippen molar-refractivity contribution >= 4 is 5.91 Å². The van der Waals surface area contributed by atoms with Gasteiger partial charge in [0.2, 0.25) is 5.91 Å². The van der Waals surface area contributed by atoms with E-state index in [9.17, 15) is 9.90 Å². The molecule has 0 saturated carbocycles. The number of rotatable bonds is 14. The number of phenols is 1. The smallest absolute Gasteiger partial charge is 0.225 e. The van der Waals surface area contributed by atoms with Gasteiger partial charge in [-0.25, -0.2) is 0 Å². The Morgan fingerprint density at radius 1 is 1.05 bits per heavy atom. The SMILES string of the molecule is CCN(CC(OC)OC)C(=O)CCOCCc1ccc(O)c(C2(c3ccccc3)CCN(C(C)C)CC2)c1. The van der Waals surface area contributed by atoms with Crippen molar-refractivity contribution in [2.24, 2.45) is 0 Å². The third kappa shape index (κ3) is 7.56. The van der Waals surface area contributed by atoms with E-state index in [1.54, 1.807) is 19.1 Å². The Kier molecular flexibility index (Phi) is 11.6. The molecule has 38 heavy (non-hydrogen) atoms. The number of nitrogens with zero attached hydrogens (tertiary/aromatic N) is 2. The number of hydrogen-bond acceptors (Lipinski definition) is 6. The van der Waals surface area contributed by atoms with Crippen LogP contribution in [-0.2, 0) is 30.8 Å². The number of likely N-dealkylation sites (N-methyl/N-ethyl adjacent to an activating group) is 1. The van der Waals surface area contributed by atoms with Crippen LogP contribution in [0.1, 0.15) is 56.7 Å². The van der Waals surface area contributed by atoms with Crippen LogP contribution in [0.25, 0.3) is 0 Å². The standard InChI is InChI=1S/C31H46N2O5/c1-6-32(23-30(36-4)37-5)29(35)15-21-38-20-14-25-12-13-28(34)27(22-25)31(26-10-8-7-9-11-26)16-18-33(19-17-31)24(2)3/h7-13,22,24,30,34H,6,14-21,23H2,1-5H3. The number of ether oxygens (including phenoxy) is 3. The molecule has 0 atom stereocenters. The van der Waals surface area contributed by atoms with Crippen LogP contribution in [0.3, 0.4) is 0 Å². The summed E-state index contributed by atoms with van der Waals surface area (Å²) in [5.41, 5.74) is 3.18. The summed E-state index contributed by atoms with van der Waals surface area (Å²) >= 11 is 0. The molecule has 1 aliphatic rings. The van der Waals surface area contributed by atoms with E-state index in [2.05, 4.69) is 49.1 Å². The summed E-state index contributed by atoms with van der Waals surface area (Å²) < 4.78 is 16.3. The van der Waals surface area contributed by atoms with Crippen molar-refractivity contribution in [1.29, 1.82) is 0 Å². The van der Waals surface area contributed by atoms with Gasteiger partial charge in [0.1, 0.15) is 5.75 Å². The molecular weight excluding hydrogens is 480 g/mol. The number of methoxy groups -OCH3 is 2. The second kappa shape index (κ2) is 14.6. The zero-order valence-electron chi connectivity index (χ0n) is 23.8. The minimum atomic E-state index is -0.430. The second-order valence-corrected chi connectivity index (χ2v) is 10.4. The maximum atomic E-state index is 12.6. The quantitative estimate of drug-likeness (QED) is 0.287. The van der Waals surface area contributed by atoms with Crippen LogP contribution >= 0.6 is 0 Å². The monoisotopic (exact) mass is 526 g/mol. The van der Waals surface area contributed by atoms with E-state index >= 15 is 0 Å². The first-order chi connectivity index (χ1) is 18.3. The Balaban J connectivity index is 1.63. The molecule has 0 unspecified atom stereocenters. The van der Waals surface area contributed by atoms with Crippen LogP contribution in [0, 0.1) is 0 Å². The fourth-order valence-electron chi connectivity index (χ4n) is 5.46. The van der Waals surface area contributed by atoms with Crippen molar-refractivity contribution in [2.45, 2.75) is 64.2 Å². The Bertz CT molecular complexity index is 985. The summed E-state index contributed by atoms with van der Waals surface area (Å²) in [4.78, 5) is 16.8. The highest BCUT2D eigenvalue weighted by atomic mass is 16.7. The van der Waals surface area contributed by atoms with E-state index in [0.29, 0.717) is 44.5 Å². The molecule has 1 N–H and O–H groups in total. The zero-order valence-corrected chi connectivity index (χ0v) is 23.8. The van der Waals surface area contributed by atoms with Crippen molar-refractivity contribution in [3.63, 3.8) is 0 Å². The van der Waals surface area contributed by atoms with E-state index in [4.69, 9.17) is 14.2 Å². The molecule has 7 heteroatoms. The maximum absolute atomic E-state index is 12.6. The maximum Gasteiger partial charge on any atom is 0.225 e. The zero-order chi connectivity index (χ0) is 27.5. The Morgan fingerprint density at radius 2 is 1.74 bits per heavy atom. The molecule has 0 aromatic heterocycles. The van der Waals surface area contributed by atoms with Crippen molar-refractivity contribution in [3.8, 4) is 5.75 Å². The number of likely N-dealkylation sites (tertiary alicyclic amines) is 1. The van der Waals surface area contributed by atoms with E-state index in [-0.39, 0.29) is 11.3 Å². The molecule has 2 aromatic rings. The van der Waals surface area contributed by atoms with E-state index in [1.807, 2.05) is 25.1 Å². The third-order valence-corrected chi connectivity index (χ3v) is 7.91. The average molecular weight is 527 g/mol. The van der Waals surface area contributed by atoms with Crippen molar-refractivity contribution in [3.05, 3.63) is 65.2 Å². The number of amides is 1. The molecule has 0 spiro atoms. The lowest BCUT2D eigenvalue weighted by molar-refractivity contribution is -0.145. The lowest BCUT2D eigenvalue weighted by Crippen LogP contribution is -2.45. The minimum absolute atomic E-state index is 0.0241. The van der Waals surface area contributed by atoms with E-state index < -0.39 is 6.29 Å². The number of hydrogen-bond donors (Lipinski definition) is 1. The first-order valence-corrected chi connectivity index (χ1v) is 13.9. The van der Waals surface area contributed by atoms with Crippen molar-refractivity contribution < 1.29 is 24.1 Å². The first-order valence-electron chi connectivity index (χ1n) is 13.9. The van der Waals surface area contributed by atoms with Gasteiger partial charge in [-0.05, 0) is 70.3 Å². The minimum Gasteiger partial charge on any atom is -0.508 e. The Morgan fingerprint density at radius 3 is 2.34 bits per heavy atom. The Labute approximate surface area is 228 Å². The molecule has 0 bridgehead atoms. The summed E-state index contributed by atoms with van der Waals surface area (Å²) in [6.07, 6.45) is 2.54. The largest absolute Gasteiger partial charge is 0.508 e. The number of carbonyl (C=O) groups is 1. The van der Waals surface area contributed by atoms with Gasteiger partial charge in [0.25, 0.3) is 0 Å². The molecule has 3 rings (SSSR count). The lowest BCUT2D eigenvalue weighted by Gasteiger charge is -2.44. The van der Waals surface area contributed by atoms with Crippen LogP contribution < -0.4 is 0 Å². The Hall–Kier alpha value is -2.45. The van der Waals surface area contributed by atoms with Gasteiger partial charge in [-0.1, -0.05) is 42.5 Å². The van der Waals surface area contributed by atoms with Gasteiger partial charge >= 0.3 is 0 Å². The number of carbonyl (C=O) groups excluding carboxylic acids is 1. The van der Waals surface area contributed by atoms with Crippen LogP contribution in [0.4, 0.5) is 0 Å². The molecule has 1 saturated heterocycles. The number of aromatic hydroxyl groups is 1. The second-order valence-electron chi connectivity index (χ2n) is 10.4. The predicted molar refractivity (Wildman–Crippen MR) is 150 cm³/mol. The lowest BCUT2D eigenvalue weighted by atomic mass is 9.67. The van der Waals surface area contributed by atoms with Gasteiger partial charge in [-0.3, -0.25) is 4.79 Å². The van der Waals surface area contributed by atoms with Gasteiger partial charge in [0.15, 0.2) is 6.29 Å². The fourth-order valence-corrected chi connectivity index (χ4v) is 5.46. The highest BCUT2D eigenvalue weighted by Crippen LogP contribution is 2.45. The van der Waals surface area contributed by atoms with Crippen LogP contribution in [-0.4, -0.2) is 86.8 Å². The third-order valence-electron chi connectivity index (χ3n) is 7.91. The van der Waals surface area contributed by atoms with Gasteiger partial charge in [-0.15, -0.1) is 0 Å². The summed E-state index contributed by atoms with van der Waals surface area (Å²) in [6, 6.07) is 17.1. The van der Waals surface area contributed by atoms with Crippen molar-refractivity contribution in [2.75, 3.05) is 53.6 Å². The topological polar surface area (TPSA) is 71.5 Å². The number of benzene rings is 2. The van der Waals surface area contributed by atoms with E-state index in [0.717, 1.165) is 43.5 Å². The molecule has 1 fully saturated rings. The van der Waals surface area contributed by atoms with Gasteiger partial charge < -0.3 is 29.1 Å². The number of piperidine rings is 1. The van der Waals surface area contributed by atoms with Gasteiger partial charge in [-0.2, -0.15) is 0 Å². The molecule has 210 valence electrons. The fraction of sp³-hybridized carbons (Fsp3) is 0.581. The molecule has 1 heterocycles. The first kappa shape index (κ1) is 30.1. The van der Waals surface area contributed by atoms with Crippen LogP contribution in [0.2, 0.25) is 0 Å². The molecule has 1 aliphatic heterocycles. The van der Waals surface area contributed by atoms with Gasteiger partial charge in [0, 0.05) is 37.8 Å². The summed E-state index contributed by atoms with van der Waals surface area (Å²) in [6.45, 7) is 10.3. The molecule has 0 radical (unpaired) electrons. The summed E-state index contributed by atoms with van der Waals surface area (Å²) in [7, 11) is 3.14. The summed E-state index contributed by atoms with van der Waals surface area (Å²) in [5.74, 6) is 0.378. The normalized spacial score (nSPS) is 15.8. The average Bonchev–Trinajstić information content (AvgIpc) is 2.94. The molecule has 0 aliphatic carbocycles. The molecule has 2 aromatic carbocycles.